The molecule has 0 aliphatic rings. The van der Waals surface area contributed by atoms with Gasteiger partial charge in [0.2, 0.25) is 0 Å². The summed E-state index contributed by atoms with van der Waals surface area (Å²) >= 11 is 0. The predicted octanol–water partition coefficient (Wildman–Crippen LogP) is 3.23. The minimum atomic E-state index is -1.47. The molecular formula is C9H21OSiZn-. The smallest absolute Gasteiger partial charge is 0.191 e. The van der Waals surface area contributed by atoms with Crippen molar-refractivity contribution in [1.29, 1.82) is 0 Å². The van der Waals surface area contributed by atoms with Crippen LogP contribution in [0.3, 0.4) is 0 Å². The van der Waals surface area contributed by atoms with Crippen molar-refractivity contribution < 1.29 is 23.9 Å². The molecule has 3 heteroatoms. The Balaban J connectivity index is 0. The molecule has 0 amide bonds. The minimum absolute atomic E-state index is 0. The van der Waals surface area contributed by atoms with Gasteiger partial charge < -0.3 is 11.3 Å². The average Bonchev–Trinajstić information content (AvgIpc) is 1.81. The van der Waals surface area contributed by atoms with Crippen LogP contribution in [0.5, 0.6) is 0 Å². The van der Waals surface area contributed by atoms with E-state index in [0.717, 1.165) is 13.0 Å². The maximum absolute atomic E-state index is 5.82. The Kier molecular flexibility index (Phi) is 7.02. The summed E-state index contributed by atoms with van der Waals surface area (Å²) in [4.78, 5) is 0. The molecule has 1 nitrogen and oxygen atoms in total. The normalized spacial score (nSPS) is 12.5. The van der Waals surface area contributed by atoms with Gasteiger partial charge in [-0.3, -0.25) is 0 Å². The van der Waals surface area contributed by atoms with Crippen LogP contribution in [0.25, 0.3) is 0 Å². The molecule has 0 saturated heterocycles. The number of hydrogen-bond acceptors (Lipinski definition) is 1. The molecule has 0 fully saturated rings. The van der Waals surface area contributed by atoms with E-state index in [2.05, 4.69) is 40.8 Å². The van der Waals surface area contributed by atoms with Gasteiger partial charge >= 0.3 is 0 Å². The Morgan fingerprint density at radius 1 is 1.25 bits per heavy atom. The largest absolute Gasteiger partial charge is 0.419 e. The molecule has 0 heterocycles. The van der Waals surface area contributed by atoms with Crippen LogP contribution >= 0.6 is 0 Å². The average molecular weight is 239 g/mol. The van der Waals surface area contributed by atoms with Crippen molar-refractivity contribution in [1.82, 2.24) is 0 Å². The van der Waals surface area contributed by atoms with Crippen molar-refractivity contribution in [2.24, 2.45) is 0 Å². The van der Waals surface area contributed by atoms with Gasteiger partial charge in [-0.05, 0) is 18.1 Å². The second kappa shape index (κ2) is 5.51. The SMILES string of the molecule is [CH2-]CCO[Si](C)(C)C(C)(C)C.[Zn]. The maximum atomic E-state index is 5.82. The van der Waals surface area contributed by atoms with Gasteiger partial charge in [-0.25, -0.2) is 0 Å². The second-order valence-electron chi connectivity index (χ2n) is 4.46. The van der Waals surface area contributed by atoms with Gasteiger partial charge in [-0.1, -0.05) is 20.8 Å². The van der Waals surface area contributed by atoms with E-state index in [1.165, 1.54) is 0 Å². The van der Waals surface area contributed by atoms with E-state index in [4.69, 9.17) is 4.43 Å². The third kappa shape index (κ3) is 4.74. The standard InChI is InChI=1S/C9H21OSi.Zn/c1-7-8-10-11(5,6)9(2,3)4;/h1,7-8H2,2-6H3;/q-1;. The fraction of sp³-hybridized carbons (Fsp3) is 0.889. The summed E-state index contributed by atoms with van der Waals surface area (Å²) in [6.07, 6.45) is 0.881. The molecule has 0 aromatic rings. The van der Waals surface area contributed by atoms with E-state index in [1.54, 1.807) is 0 Å². The fourth-order valence-corrected chi connectivity index (χ4v) is 1.63. The van der Waals surface area contributed by atoms with Crippen LogP contribution in [-0.2, 0) is 23.9 Å². The van der Waals surface area contributed by atoms with Crippen molar-refractivity contribution in [2.75, 3.05) is 6.61 Å². The predicted molar refractivity (Wildman–Crippen MR) is 53.1 cm³/mol. The molecule has 12 heavy (non-hydrogen) atoms. The van der Waals surface area contributed by atoms with Crippen molar-refractivity contribution in [3.8, 4) is 0 Å². The Labute approximate surface area is 91.2 Å². The summed E-state index contributed by atoms with van der Waals surface area (Å²) in [5.74, 6) is 0. The van der Waals surface area contributed by atoms with Crippen LogP contribution in [0, 0.1) is 6.92 Å². The zero-order valence-corrected chi connectivity index (χ0v) is 13.2. The van der Waals surface area contributed by atoms with Gasteiger partial charge in [0.1, 0.15) is 0 Å². The molecule has 0 radical (unpaired) electrons. The summed E-state index contributed by atoms with van der Waals surface area (Å²) in [5, 5.41) is 0.335. The van der Waals surface area contributed by atoms with Gasteiger partial charge in [0.25, 0.3) is 0 Å². The first-order valence-corrected chi connectivity index (χ1v) is 7.15. The second-order valence-corrected chi connectivity index (χ2v) is 9.27. The number of hydrogen-bond donors (Lipinski definition) is 0. The maximum Gasteiger partial charge on any atom is 0.191 e. The van der Waals surface area contributed by atoms with Gasteiger partial charge in [0.15, 0.2) is 8.32 Å². The summed E-state index contributed by atoms with van der Waals surface area (Å²) in [5.41, 5.74) is 0. The molecule has 0 rings (SSSR count). The van der Waals surface area contributed by atoms with Crippen molar-refractivity contribution in [3.05, 3.63) is 6.92 Å². The van der Waals surface area contributed by atoms with Crippen molar-refractivity contribution in [3.63, 3.8) is 0 Å². The van der Waals surface area contributed by atoms with Gasteiger partial charge in [0.05, 0.1) is 0 Å². The molecule has 0 aliphatic heterocycles. The van der Waals surface area contributed by atoms with E-state index < -0.39 is 8.32 Å². The quantitative estimate of drug-likeness (QED) is 0.542. The van der Waals surface area contributed by atoms with Gasteiger partial charge in [-0.15, -0.1) is 0 Å². The van der Waals surface area contributed by atoms with Gasteiger partial charge in [0, 0.05) is 26.1 Å². The number of rotatable bonds is 3. The molecule has 70 valence electrons. The van der Waals surface area contributed by atoms with E-state index in [-0.39, 0.29) is 19.5 Å². The Morgan fingerprint density at radius 3 is 1.92 bits per heavy atom. The Morgan fingerprint density at radius 2 is 1.67 bits per heavy atom. The van der Waals surface area contributed by atoms with Crippen LogP contribution in [0.2, 0.25) is 18.1 Å². The Hall–Kier alpha value is 0.800. The summed E-state index contributed by atoms with van der Waals surface area (Å²) in [7, 11) is -1.47. The van der Waals surface area contributed by atoms with E-state index in [1.807, 2.05) is 0 Å². The van der Waals surface area contributed by atoms with Crippen LogP contribution < -0.4 is 0 Å². The molecule has 0 atom stereocenters. The molecule has 0 unspecified atom stereocenters. The van der Waals surface area contributed by atoms with Crippen LogP contribution in [0.15, 0.2) is 0 Å². The molecule has 0 aromatic heterocycles. The van der Waals surface area contributed by atoms with Crippen molar-refractivity contribution in [2.45, 2.75) is 45.3 Å². The minimum Gasteiger partial charge on any atom is -0.419 e. The van der Waals surface area contributed by atoms with E-state index in [0.29, 0.717) is 5.04 Å². The Bertz CT molecular complexity index is 118. The third-order valence-electron chi connectivity index (χ3n) is 2.41. The van der Waals surface area contributed by atoms with E-state index >= 15 is 0 Å². The summed E-state index contributed by atoms with van der Waals surface area (Å²) in [6.45, 7) is 15.9. The summed E-state index contributed by atoms with van der Waals surface area (Å²) in [6, 6.07) is 0. The zero-order chi connectivity index (χ0) is 9.12. The monoisotopic (exact) mass is 237 g/mol. The van der Waals surface area contributed by atoms with Crippen molar-refractivity contribution >= 4 is 8.32 Å². The third-order valence-corrected chi connectivity index (χ3v) is 6.95. The first kappa shape index (κ1) is 15.3. The molecule has 0 N–H and O–H groups in total. The van der Waals surface area contributed by atoms with Gasteiger partial charge in [-0.2, -0.15) is 6.42 Å². The molecule has 0 saturated carbocycles. The fourth-order valence-electron chi connectivity index (χ4n) is 0.544. The van der Waals surface area contributed by atoms with Crippen LogP contribution in [0.1, 0.15) is 27.2 Å². The topological polar surface area (TPSA) is 9.23 Å². The zero-order valence-electron chi connectivity index (χ0n) is 9.24. The van der Waals surface area contributed by atoms with Crippen LogP contribution in [0.4, 0.5) is 0 Å². The first-order valence-electron chi connectivity index (χ1n) is 4.24. The molecule has 0 bridgehead atoms. The molecular weight excluding hydrogens is 218 g/mol. The molecule has 0 spiro atoms. The van der Waals surface area contributed by atoms with E-state index in [9.17, 15) is 0 Å². The molecule has 0 aromatic carbocycles. The molecule has 0 aliphatic carbocycles. The van der Waals surface area contributed by atoms with Crippen LogP contribution in [-0.4, -0.2) is 14.9 Å². The summed E-state index contributed by atoms with van der Waals surface area (Å²) < 4.78 is 5.82. The first-order chi connectivity index (χ1) is 4.81.